The summed E-state index contributed by atoms with van der Waals surface area (Å²) >= 11 is 0. The molecule has 1 spiro atoms. The van der Waals surface area contributed by atoms with Crippen LogP contribution in [0.5, 0.6) is 0 Å². The first-order chi connectivity index (χ1) is 17.8. The lowest BCUT2D eigenvalue weighted by atomic mass is 9.58. The summed E-state index contributed by atoms with van der Waals surface area (Å²) in [5.41, 5.74) is 3.51. The highest BCUT2D eigenvalue weighted by atomic mass is 16.3. The van der Waals surface area contributed by atoms with Gasteiger partial charge in [0.15, 0.2) is 0 Å². The number of benzene rings is 1. The van der Waals surface area contributed by atoms with E-state index in [4.69, 9.17) is 0 Å². The third kappa shape index (κ3) is 4.10. The number of aliphatic hydroxyl groups is 1. The zero-order chi connectivity index (χ0) is 25.8. The van der Waals surface area contributed by atoms with E-state index in [0.29, 0.717) is 24.9 Å². The summed E-state index contributed by atoms with van der Waals surface area (Å²) < 4.78 is 0. The van der Waals surface area contributed by atoms with E-state index < -0.39 is 17.6 Å². The average molecular weight is 505 g/mol. The molecule has 1 saturated carbocycles. The highest BCUT2D eigenvalue weighted by molar-refractivity contribution is 6.05. The van der Waals surface area contributed by atoms with E-state index >= 15 is 0 Å². The van der Waals surface area contributed by atoms with Gasteiger partial charge in [0.2, 0.25) is 11.8 Å². The van der Waals surface area contributed by atoms with Gasteiger partial charge in [-0.3, -0.25) is 24.6 Å². The predicted octanol–water partition coefficient (Wildman–Crippen LogP) is 3.13. The van der Waals surface area contributed by atoms with E-state index in [1.54, 1.807) is 4.90 Å². The van der Waals surface area contributed by atoms with Crippen molar-refractivity contribution in [1.82, 2.24) is 20.1 Å². The summed E-state index contributed by atoms with van der Waals surface area (Å²) in [5.74, 6) is -0.862. The number of carbonyl (C=O) groups excluding carboxylic acids is 3. The second-order valence-electron chi connectivity index (χ2n) is 11.6. The van der Waals surface area contributed by atoms with E-state index in [-0.39, 0.29) is 23.7 Å². The summed E-state index contributed by atoms with van der Waals surface area (Å²) in [6, 6.07) is 9.41. The molecule has 1 aromatic carbocycles. The van der Waals surface area contributed by atoms with Crippen LogP contribution in [0.25, 0.3) is 0 Å². The molecule has 8 nitrogen and oxygen atoms in total. The maximum Gasteiger partial charge on any atom is 0.255 e. The third-order valence-electron chi connectivity index (χ3n) is 9.29. The maximum absolute atomic E-state index is 13.2. The Balaban J connectivity index is 1.27. The highest BCUT2D eigenvalue weighted by Crippen LogP contribution is 2.55. The minimum absolute atomic E-state index is 0.175. The van der Waals surface area contributed by atoms with Crippen LogP contribution in [0, 0.1) is 12.3 Å². The zero-order valence-electron chi connectivity index (χ0n) is 21.5. The molecule has 3 aliphatic heterocycles. The summed E-state index contributed by atoms with van der Waals surface area (Å²) in [5, 5.41) is 14.8. The molecule has 8 heteroatoms. The van der Waals surface area contributed by atoms with Gasteiger partial charge >= 0.3 is 0 Å². The molecule has 6 rings (SSSR count). The number of aromatic amines is 1. The Morgan fingerprint density at radius 2 is 1.86 bits per heavy atom. The highest BCUT2D eigenvalue weighted by Gasteiger charge is 2.55. The number of aryl methyl sites for hydroxylation is 1. The molecule has 0 bridgehead atoms. The van der Waals surface area contributed by atoms with E-state index in [1.165, 1.54) is 12.1 Å². The van der Waals surface area contributed by atoms with E-state index in [2.05, 4.69) is 34.3 Å². The van der Waals surface area contributed by atoms with Gasteiger partial charge in [-0.15, -0.1) is 0 Å². The molecular formula is C29H36N4O4. The van der Waals surface area contributed by atoms with E-state index in [0.717, 1.165) is 62.1 Å². The van der Waals surface area contributed by atoms with Crippen molar-refractivity contribution >= 4 is 17.7 Å². The van der Waals surface area contributed by atoms with Gasteiger partial charge in [-0.1, -0.05) is 31.4 Å². The molecule has 3 amide bonds. The number of rotatable bonds is 4. The van der Waals surface area contributed by atoms with Crippen LogP contribution in [0.3, 0.4) is 0 Å². The lowest BCUT2D eigenvalue weighted by Crippen LogP contribution is -2.58. The molecule has 37 heavy (non-hydrogen) atoms. The molecule has 2 unspecified atom stereocenters. The van der Waals surface area contributed by atoms with Crippen molar-refractivity contribution in [1.29, 1.82) is 0 Å². The van der Waals surface area contributed by atoms with Gasteiger partial charge < -0.3 is 15.0 Å². The van der Waals surface area contributed by atoms with Crippen LogP contribution in [0.1, 0.15) is 84.2 Å². The number of nitrogens with one attached hydrogen (secondary N) is 2. The Hall–Kier alpha value is -2.97. The van der Waals surface area contributed by atoms with Gasteiger partial charge in [-0.05, 0) is 61.9 Å². The van der Waals surface area contributed by atoms with Gasteiger partial charge in [0.05, 0.1) is 5.60 Å². The van der Waals surface area contributed by atoms with Crippen molar-refractivity contribution in [2.75, 3.05) is 13.1 Å². The van der Waals surface area contributed by atoms with E-state index in [9.17, 15) is 19.5 Å². The topological polar surface area (TPSA) is 106 Å². The summed E-state index contributed by atoms with van der Waals surface area (Å²) in [4.78, 5) is 44.7. The third-order valence-corrected chi connectivity index (χ3v) is 9.29. The zero-order valence-corrected chi connectivity index (χ0v) is 21.5. The quantitative estimate of drug-likeness (QED) is 0.555. The van der Waals surface area contributed by atoms with Gasteiger partial charge in [0.1, 0.15) is 6.04 Å². The molecule has 3 fully saturated rings. The summed E-state index contributed by atoms with van der Waals surface area (Å²) in [7, 11) is 0. The molecule has 4 heterocycles. The number of hydrogen-bond acceptors (Lipinski definition) is 5. The number of hydrogen-bond donors (Lipinski definition) is 3. The second kappa shape index (κ2) is 9.10. The molecule has 4 aliphatic rings. The molecular weight excluding hydrogens is 468 g/mol. The van der Waals surface area contributed by atoms with Crippen LogP contribution in [-0.2, 0) is 28.3 Å². The fourth-order valence-corrected chi connectivity index (χ4v) is 7.34. The average Bonchev–Trinajstić information content (AvgIpc) is 3.44. The van der Waals surface area contributed by atoms with Crippen LogP contribution < -0.4 is 5.32 Å². The lowest BCUT2D eigenvalue weighted by Gasteiger charge is -2.56. The molecule has 1 aliphatic carbocycles. The SMILES string of the molecule is Cc1ccc(CN2CCC(O)(c3ccc4c(c3)CN(C3CCC(=O)NC3=O)C4=O)C3(CCCCC3)C2)[nH]1. The van der Waals surface area contributed by atoms with E-state index in [1.807, 2.05) is 18.2 Å². The minimum atomic E-state index is -0.963. The van der Waals surface area contributed by atoms with Crippen molar-refractivity contribution in [2.24, 2.45) is 5.41 Å². The normalized spacial score (nSPS) is 28.0. The van der Waals surface area contributed by atoms with Crippen molar-refractivity contribution in [2.45, 2.75) is 83.0 Å². The molecule has 196 valence electrons. The molecule has 2 saturated heterocycles. The van der Waals surface area contributed by atoms with Crippen LogP contribution in [0.15, 0.2) is 30.3 Å². The molecule has 0 radical (unpaired) electrons. The van der Waals surface area contributed by atoms with Crippen LogP contribution in [-0.4, -0.2) is 56.7 Å². The fraction of sp³-hybridized carbons (Fsp3) is 0.552. The number of fused-ring (bicyclic) bond motifs is 1. The second-order valence-corrected chi connectivity index (χ2v) is 11.6. The van der Waals surface area contributed by atoms with Crippen LogP contribution in [0.4, 0.5) is 0 Å². The summed E-state index contributed by atoms with van der Waals surface area (Å²) in [6.07, 6.45) is 6.64. The Bertz CT molecular complexity index is 1250. The van der Waals surface area contributed by atoms with Gasteiger partial charge in [-0.2, -0.15) is 0 Å². The number of nitrogens with zero attached hydrogens (tertiary/aromatic N) is 2. The Morgan fingerprint density at radius 1 is 1.05 bits per heavy atom. The van der Waals surface area contributed by atoms with Gasteiger partial charge in [0.25, 0.3) is 5.91 Å². The number of imide groups is 1. The number of aromatic nitrogens is 1. The first kappa shape index (κ1) is 24.4. The Morgan fingerprint density at radius 3 is 2.59 bits per heavy atom. The lowest BCUT2D eigenvalue weighted by molar-refractivity contribution is -0.159. The first-order valence-electron chi connectivity index (χ1n) is 13.7. The standard InChI is InChI=1S/C29H36N4O4/c1-19-5-7-22(30-19)17-32-14-13-29(37,28(18-32)11-3-2-4-12-28)21-6-8-23-20(15-21)16-33(27(23)36)24-9-10-25(34)31-26(24)35/h5-8,15,24,30,37H,2-4,9-14,16-18H2,1H3,(H,31,34,35). The number of H-pyrrole nitrogens is 1. The molecule has 1 aromatic heterocycles. The monoisotopic (exact) mass is 504 g/mol. The predicted molar refractivity (Wildman–Crippen MR) is 137 cm³/mol. The van der Waals surface area contributed by atoms with Crippen molar-refractivity contribution in [3.8, 4) is 0 Å². The first-order valence-corrected chi connectivity index (χ1v) is 13.7. The fourth-order valence-electron chi connectivity index (χ4n) is 7.34. The largest absolute Gasteiger partial charge is 0.384 e. The molecule has 2 aromatic rings. The number of amides is 3. The Kier molecular flexibility index (Phi) is 5.99. The summed E-state index contributed by atoms with van der Waals surface area (Å²) in [6.45, 7) is 4.90. The minimum Gasteiger partial charge on any atom is -0.384 e. The molecule has 3 N–H and O–H groups in total. The Labute approximate surface area is 217 Å². The number of piperidine rings is 2. The van der Waals surface area contributed by atoms with Crippen molar-refractivity contribution in [3.05, 3.63) is 58.4 Å². The van der Waals surface area contributed by atoms with Gasteiger partial charge in [0, 0.05) is 55.0 Å². The number of carbonyl (C=O) groups is 3. The smallest absolute Gasteiger partial charge is 0.255 e. The van der Waals surface area contributed by atoms with Gasteiger partial charge in [-0.25, -0.2) is 0 Å². The van der Waals surface area contributed by atoms with Crippen molar-refractivity contribution < 1.29 is 19.5 Å². The maximum atomic E-state index is 13.2. The number of likely N-dealkylation sites (tertiary alicyclic amines) is 1. The van der Waals surface area contributed by atoms with Crippen LogP contribution in [0.2, 0.25) is 0 Å². The molecule has 2 atom stereocenters. The van der Waals surface area contributed by atoms with Crippen LogP contribution >= 0.6 is 0 Å². The van der Waals surface area contributed by atoms with Crippen molar-refractivity contribution in [3.63, 3.8) is 0 Å².